The number of hydrogen-bond acceptors (Lipinski definition) is 2. The summed E-state index contributed by atoms with van der Waals surface area (Å²) in [6.07, 6.45) is 3.95. The molecule has 1 aliphatic carbocycles. The summed E-state index contributed by atoms with van der Waals surface area (Å²) in [6, 6.07) is 6.80. The molecule has 0 saturated heterocycles. The number of thiophene rings is 1. The second-order valence-corrected chi connectivity index (χ2v) is 6.84. The van der Waals surface area contributed by atoms with Crippen molar-refractivity contribution in [2.45, 2.75) is 37.6 Å². The van der Waals surface area contributed by atoms with Crippen molar-refractivity contribution < 1.29 is 4.39 Å². The van der Waals surface area contributed by atoms with Crippen molar-refractivity contribution in [1.29, 1.82) is 0 Å². The SMILES string of the molecule is NC(Cc1cc(Cl)ccc1F)C1CCCc2sccc21. The van der Waals surface area contributed by atoms with E-state index in [0.29, 0.717) is 22.9 Å². The van der Waals surface area contributed by atoms with Gasteiger partial charge in [-0.3, -0.25) is 0 Å². The molecule has 2 aromatic rings. The Hall–Kier alpha value is -0.900. The van der Waals surface area contributed by atoms with E-state index in [0.717, 1.165) is 12.8 Å². The third-order valence-corrected chi connectivity index (χ3v) is 5.31. The lowest BCUT2D eigenvalue weighted by molar-refractivity contribution is 0.457. The smallest absolute Gasteiger partial charge is 0.126 e. The van der Waals surface area contributed by atoms with Crippen LogP contribution < -0.4 is 5.73 Å². The number of halogens is 2. The Kier molecular flexibility index (Phi) is 4.11. The molecule has 1 aromatic heterocycles. The van der Waals surface area contributed by atoms with Gasteiger partial charge in [0, 0.05) is 21.9 Å². The average Bonchev–Trinajstić information content (AvgIpc) is 2.91. The van der Waals surface area contributed by atoms with Gasteiger partial charge in [0.25, 0.3) is 0 Å². The fourth-order valence-corrected chi connectivity index (χ4v) is 4.25. The van der Waals surface area contributed by atoms with Gasteiger partial charge >= 0.3 is 0 Å². The van der Waals surface area contributed by atoms with Crippen LogP contribution in [0, 0.1) is 5.82 Å². The van der Waals surface area contributed by atoms with E-state index in [9.17, 15) is 4.39 Å². The van der Waals surface area contributed by atoms with Gasteiger partial charge in [0.15, 0.2) is 0 Å². The Labute approximate surface area is 127 Å². The van der Waals surface area contributed by atoms with Crippen molar-refractivity contribution >= 4 is 22.9 Å². The molecule has 2 unspecified atom stereocenters. The maximum absolute atomic E-state index is 13.8. The maximum atomic E-state index is 13.8. The van der Waals surface area contributed by atoms with Crippen LogP contribution in [0.2, 0.25) is 5.02 Å². The lowest BCUT2D eigenvalue weighted by Gasteiger charge is -2.28. The van der Waals surface area contributed by atoms with Gasteiger partial charge in [-0.1, -0.05) is 11.6 Å². The summed E-state index contributed by atoms with van der Waals surface area (Å²) in [6.45, 7) is 0. The molecule has 20 heavy (non-hydrogen) atoms. The standard InChI is InChI=1S/C16H17ClFNS/c17-11-4-5-14(18)10(8-11)9-15(19)12-2-1-3-16-13(12)6-7-20-16/h4-8,12,15H,1-3,9,19H2. The fourth-order valence-electron chi connectivity index (χ4n) is 3.06. The van der Waals surface area contributed by atoms with Gasteiger partial charge in [-0.15, -0.1) is 11.3 Å². The summed E-state index contributed by atoms with van der Waals surface area (Å²) >= 11 is 7.75. The van der Waals surface area contributed by atoms with Crippen molar-refractivity contribution in [2.24, 2.45) is 5.73 Å². The molecule has 106 valence electrons. The molecule has 0 radical (unpaired) electrons. The number of aryl methyl sites for hydroxylation is 1. The normalized spacial score (nSPS) is 19.6. The van der Waals surface area contributed by atoms with Gasteiger partial charge in [-0.2, -0.15) is 0 Å². The highest BCUT2D eigenvalue weighted by Gasteiger charge is 2.27. The highest BCUT2D eigenvalue weighted by molar-refractivity contribution is 7.10. The Balaban J connectivity index is 1.81. The molecule has 1 aromatic carbocycles. The predicted octanol–water partition coefficient (Wildman–Crippen LogP) is 4.53. The summed E-state index contributed by atoms with van der Waals surface area (Å²) in [5.41, 5.74) is 8.36. The summed E-state index contributed by atoms with van der Waals surface area (Å²) < 4.78 is 13.8. The monoisotopic (exact) mass is 309 g/mol. The average molecular weight is 310 g/mol. The van der Waals surface area contributed by atoms with Gasteiger partial charge in [-0.05, 0) is 66.5 Å². The van der Waals surface area contributed by atoms with Crippen molar-refractivity contribution in [1.82, 2.24) is 0 Å². The van der Waals surface area contributed by atoms with Crippen molar-refractivity contribution in [3.05, 3.63) is 56.5 Å². The Morgan fingerprint density at radius 3 is 3.10 bits per heavy atom. The number of hydrogen-bond donors (Lipinski definition) is 1. The molecule has 4 heteroatoms. The van der Waals surface area contributed by atoms with E-state index in [4.69, 9.17) is 17.3 Å². The molecule has 2 atom stereocenters. The predicted molar refractivity (Wildman–Crippen MR) is 83.1 cm³/mol. The zero-order chi connectivity index (χ0) is 14.1. The largest absolute Gasteiger partial charge is 0.327 e. The summed E-state index contributed by atoms with van der Waals surface area (Å²) in [7, 11) is 0. The highest BCUT2D eigenvalue weighted by Crippen LogP contribution is 2.37. The minimum absolute atomic E-state index is 0.0587. The fraction of sp³-hybridized carbons (Fsp3) is 0.375. The Morgan fingerprint density at radius 2 is 2.25 bits per heavy atom. The van der Waals surface area contributed by atoms with E-state index in [1.165, 1.54) is 22.9 Å². The first-order chi connectivity index (χ1) is 9.65. The van der Waals surface area contributed by atoms with E-state index < -0.39 is 0 Å². The van der Waals surface area contributed by atoms with Crippen LogP contribution in [0.4, 0.5) is 4.39 Å². The third kappa shape index (κ3) is 2.76. The molecule has 1 nitrogen and oxygen atoms in total. The van der Waals surface area contributed by atoms with Crippen LogP contribution in [-0.4, -0.2) is 6.04 Å². The van der Waals surface area contributed by atoms with Gasteiger partial charge in [0.2, 0.25) is 0 Å². The molecule has 0 spiro atoms. The number of benzene rings is 1. The molecular weight excluding hydrogens is 293 g/mol. The first-order valence-electron chi connectivity index (χ1n) is 6.91. The van der Waals surface area contributed by atoms with Crippen LogP contribution >= 0.6 is 22.9 Å². The van der Waals surface area contributed by atoms with Crippen LogP contribution in [0.25, 0.3) is 0 Å². The van der Waals surface area contributed by atoms with Crippen molar-refractivity contribution in [3.8, 4) is 0 Å². The first kappa shape index (κ1) is 14.1. The number of rotatable bonds is 3. The van der Waals surface area contributed by atoms with E-state index >= 15 is 0 Å². The first-order valence-corrected chi connectivity index (χ1v) is 8.16. The lowest BCUT2D eigenvalue weighted by atomic mass is 9.81. The maximum Gasteiger partial charge on any atom is 0.126 e. The molecule has 0 amide bonds. The van der Waals surface area contributed by atoms with Crippen LogP contribution in [-0.2, 0) is 12.8 Å². The quantitative estimate of drug-likeness (QED) is 0.885. The molecule has 1 heterocycles. The molecular formula is C16H17ClFNS. The number of nitrogens with two attached hydrogens (primary N) is 1. The topological polar surface area (TPSA) is 26.0 Å². The van der Waals surface area contributed by atoms with E-state index in [1.54, 1.807) is 12.1 Å². The zero-order valence-corrected chi connectivity index (χ0v) is 12.7. The van der Waals surface area contributed by atoms with Gasteiger partial charge in [0.1, 0.15) is 5.82 Å². The van der Waals surface area contributed by atoms with Crippen LogP contribution in [0.15, 0.2) is 29.6 Å². The highest BCUT2D eigenvalue weighted by atomic mass is 35.5. The molecule has 2 N–H and O–H groups in total. The van der Waals surface area contributed by atoms with E-state index in [1.807, 2.05) is 11.3 Å². The molecule has 0 bridgehead atoms. The Bertz CT molecular complexity index is 610. The molecule has 0 saturated carbocycles. The van der Waals surface area contributed by atoms with Gasteiger partial charge < -0.3 is 5.73 Å². The van der Waals surface area contributed by atoms with Crippen LogP contribution in [0.3, 0.4) is 0 Å². The zero-order valence-electron chi connectivity index (χ0n) is 11.1. The third-order valence-electron chi connectivity index (χ3n) is 4.08. The van der Waals surface area contributed by atoms with E-state index in [2.05, 4.69) is 11.4 Å². The number of fused-ring (bicyclic) bond motifs is 1. The molecule has 3 rings (SSSR count). The van der Waals surface area contributed by atoms with Gasteiger partial charge in [-0.25, -0.2) is 4.39 Å². The van der Waals surface area contributed by atoms with Crippen LogP contribution in [0.5, 0.6) is 0 Å². The lowest BCUT2D eigenvalue weighted by Crippen LogP contribution is -2.32. The second-order valence-electron chi connectivity index (χ2n) is 5.40. The Morgan fingerprint density at radius 1 is 1.40 bits per heavy atom. The molecule has 0 aliphatic heterocycles. The van der Waals surface area contributed by atoms with Crippen molar-refractivity contribution in [2.75, 3.05) is 0 Å². The second kappa shape index (κ2) is 5.84. The van der Waals surface area contributed by atoms with Gasteiger partial charge in [0.05, 0.1) is 0 Å². The van der Waals surface area contributed by atoms with Crippen molar-refractivity contribution in [3.63, 3.8) is 0 Å². The van der Waals surface area contributed by atoms with Crippen LogP contribution in [0.1, 0.15) is 34.8 Å². The summed E-state index contributed by atoms with van der Waals surface area (Å²) in [5, 5.41) is 2.70. The molecule has 0 fully saturated rings. The summed E-state index contributed by atoms with van der Waals surface area (Å²) in [4.78, 5) is 1.45. The minimum Gasteiger partial charge on any atom is -0.327 e. The minimum atomic E-state index is -0.216. The summed E-state index contributed by atoms with van der Waals surface area (Å²) in [5.74, 6) is 0.120. The molecule has 1 aliphatic rings. The van der Waals surface area contributed by atoms with E-state index in [-0.39, 0.29) is 11.9 Å².